The first-order chi connectivity index (χ1) is 10.2. The van der Waals surface area contributed by atoms with Crippen molar-refractivity contribution in [3.05, 3.63) is 30.3 Å². The van der Waals surface area contributed by atoms with E-state index < -0.39 is 0 Å². The number of rotatable bonds is 10. The lowest BCUT2D eigenvalue weighted by molar-refractivity contribution is -0.122. The highest BCUT2D eigenvalue weighted by molar-refractivity contribution is 5.84. The Morgan fingerprint density at radius 1 is 1.24 bits per heavy atom. The summed E-state index contributed by atoms with van der Waals surface area (Å²) in [6, 6.07) is 9.88. The summed E-state index contributed by atoms with van der Waals surface area (Å²) in [5.74, 6) is 0.0898. The van der Waals surface area contributed by atoms with E-state index in [2.05, 4.69) is 17.1 Å². The average Bonchev–Trinajstić information content (AvgIpc) is 2.52. The number of para-hydroxylation sites is 1. The Morgan fingerprint density at radius 3 is 2.57 bits per heavy atom. The number of benzene rings is 1. The molecule has 0 bridgehead atoms. The maximum atomic E-state index is 12.3. The van der Waals surface area contributed by atoms with Crippen LogP contribution in [0.2, 0.25) is 0 Å². The molecular weight excluding hydrogens is 262 g/mol. The van der Waals surface area contributed by atoms with Gasteiger partial charge >= 0.3 is 0 Å². The number of nitrogens with zero attached hydrogens (tertiary/aromatic N) is 1. The SMILES string of the molecule is CCCCCNC(=O)C(C)N(CCCN)c1ccccc1. The minimum absolute atomic E-state index is 0.0898. The van der Waals surface area contributed by atoms with E-state index in [0.29, 0.717) is 6.54 Å². The molecule has 1 atom stereocenters. The molecule has 0 spiro atoms. The van der Waals surface area contributed by atoms with Crippen LogP contribution in [-0.4, -0.2) is 31.6 Å². The molecule has 21 heavy (non-hydrogen) atoms. The number of unbranched alkanes of at least 4 members (excludes halogenated alkanes) is 2. The maximum absolute atomic E-state index is 12.3. The Morgan fingerprint density at radius 2 is 1.95 bits per heavy atom. The second-order valence-corrected chi connectivity index (χ2v) is 5.35. The van der Waals surface area contributed by atoms with E-state index in [9.17, 15) is 4.79 Å². The molecule has 0 saturated carbocycles. The summed E-state index contributed by atoms with van der Waals surface area (Å²) >= 11 is 0. The van der Waals surface area contributed by atoms with Gasteiger partial charge in [0.2, 0.25) is 5.91 Å². The largest absolute Gasteiger partial charge is 0.360 e. The Hall–Kier alpha value is -1.55. The van der Waals surface area contributed by atoms with Crippen LogP contribution < -0.4 is 16.0 Å². The molecule has 118 valence electrons. The van der Waals surface area contributed by atoms with Gasteiger partial charge in [0.1, 0.15) is 6.04 Å². The Bertz CT molecular complexity index is 394. The number of carbonyl (C=O) groups is 1. The van der Waals surface area contributed by atoms with Gasteiger partial charge in [0.25, 0.3) is 0 Å². The summed E-state index contributed by atoms with van der Waals surface area (Å²) in [5, 5.41) is 3.03. The van der Waals surface area contributed by atoms with Gasteiger partial charge in [-0.15, -0.1) is 0 Å². The zero-order valence-electron chi connectivity index (χ0n) is 13.3. The van der Waals surface area contributed by atoms with E-state index in [4.69, 9.17) is 5.73 Å². The number of carbonyl (C=O) groups excluding carboxylic acids is 1. The number of hydrogen-bond donors (Lipinski definition) is 2. The van der Waals surface area contributed by atoms with Crippen LogP contribution in [0.25, 0.3) is 0 Å². The van der Waals surface area contributed by atoms with Crippen molar-refractivity contribution >= 4 is 11.6 Å². The fourth-order valence-corrected chi connectivity index (χ4v) is 2.30. The molecule has 1 aromatic carbocycles. The number of nitrogens with one attached hydrogen (secondary N) is 1. The van der Waals surface area contributed by atoms with E-state index in [1.807, 2.05) is 37.3 Å². The maximum Gasteiger partial charge on any atom is 0.242 e. The van der Waals surface area contributed by atoms with Crippen molar-refractivity contribution in [2.24, 2.45) is 5.73 Å². The van der Waals surface area contributed by atoms with Crippen LogP contribution in [0.15, 0.2) is 30.3 Å². The van der Waals surface area contributed by atoms with Crippen LogP contribution in [0.4, 0.5) is 5.69 Å². The Labute approximate surface area is 128 Å². The zero-order chi connectivity index (χ0) is 15.5. The number of amides is 1. The number of hydrogen-bond acceptors (Lipinski definition) is 3. The van der Waals surface area contributed by atoms with Crippen molar-refractivity contribution in [3.8, 4) is 0 Å². The van der Waals surface area contributed by atoms with Crippen molar-refractivity contribution in [1.29, 1.82) is 0 Å². The molecule has 0 radical (unpaired) electrons. The van der Waals surface area contributed by atoms with Crippen LogP contribution in [0.5, 0.6) is 0 Å². The van der Waals surface area contributed by atoms with Gasteiger partial charge in [0, 0.05) is 18.8 Å². The summed E-state index contributed by atoms with van der Waals surface area (Å²) < 4.78 is 0. The standard InChI is InChI=1S/C17H29N3O/c1-3-4-8-13-19-17(21)15(2)20(14-9-12-18)16-10-6-5-7-11-16/h5-7,10-11,15H,3-4,8-9,12-14,18H2,1-2H3,(H,19,21). The van der Waals surface area contributed by atoms with Gasteiger partial charge in [-0.05, 0) is 38.4 Å². The molecule has 1 amide bonds. The molecule has 0 fully saturated rings. The van der Waals surface area contributed by atoms with Gasteiger partial charge in [0.15, 0.2) is 0 Å². The second kappa shape index (κ2) is 10.2. The summed E-state index contributed by atoms with van der Waals surface area (Å²) in [6.45, 7) is 6.31. The van der Waals surface area contributed by atoms with Crippen LogP contribution in [0.1, 0.15) is 39.5 Å². The summed E-state index contributed by atoms with van der Waals surface area (Å²) in [7, 11) is 0. The third-order valence-corrected chi connectivity index (χ3v) is 3.62. The fourth-order valence-electron chi connectivity index (χ4n) is 2.30. The highest BCUT2D eigenvalue weighted by Crippen LogP contribution is 2.17. The van der Waals surface area contributed by atoms with Gasteiger partial charge < -0.3 is 16.0 Å². The summed E-state index contributed by atoms with van der Waals surface area (Å²) in [6.07, 6.45) is 4.24. The smallest absolute Gasteiger partial charge is 0.242 e. The minimum Gasteiger partial charge on any atom is -0.360 e. The predicted molar refractivity (Wildman–Crippen MR) is 89.5 cm³/mol. The molecular formula is C17H29N3O. The minimum atomic E-state index is -0.180. The number of nitrogens with two attached hydrogens (primary N) is 1. The predicted octanol–water partition coefficient (Wildman–Crippen LogP) is 2.54. The molecule has 3 N–H and O–H groups in total. The average molecular weight is 291 g/mol. The fraction of sp³-hybridized carbons (Fsp3) is 0.588. The van der Waals surface area contributed by atoms with Crippen LogP contribution in [0, 0.1) is 0 Å². The third-order valence-electron chi connectivity index (χ3n) is 3.62. The van der Waals surface area contributed by atoms with Crippen LogP contribution in [0.3, 0.4) is 0 Å². The summed E-state index contributed by atoms with van der Waals surface area (Å²) in [5.41, 5.74) is 6.69. The Kier molecular flexibility index (Phi) is 8.51. The molecule has 4 heteroatoms. The van der Waals surface area contributed by atoms with Crippen molar-refractivity contribution in [2.75, 3.05) is 24.5 Å². The Balaban J connectivity index is 2.62. The van der Waals surface area contributed by atoms with E-state index in [0.717, 1.165) is 44.5 Å². The van der Waals surface area contributed by atoms with Crippen molar-refractivity contribution in [1.82, 2.24) is 5.32 Å². The van der Waals surface area contributed by atoms with Gasteiger partial charge in [-0.1, -0.05) is 38.0 Å². The van der Waals surface area contributed by atoms with Gasteiger partial charge in [-0.3, -0.25) is 4.79 Å². The summed E-state index contributed by atoms with van der Waals surface area (Å²) in [4.78, 5) is 14.4. The lowest BCUT2D eigenvalue weighted by Gasteiger charge is -2.30. The zero-order valence-corrected chi connectivity index (χ0v) is 13.3. The van der Waals surface area contributed by atoms with Crippen molar-refractivity contribution < 1.29 is 4.79 Å². The van der Waals surface area contributed by atoms with E-state index in [1.54, 1.807) is 0 Å². The molecule has 1 rings (SSSR count). The van der Waals surface area contributed by atoms with Crippen LogP contribution in [-0.2, 0) is 4.79 Å². The van der Waals surface area contributed by atoms with Crippen molar-refractivity contribution in [2.45, 2.75) is 45.6 Å². The monoisotopic (exact) mass is 291 g/mol. The molecule has 0 saturated heterocycles. The van der Waals surface area contributed by atoms with E-state index in [-0.39, 0.29) is 11.9 Å². The molecule has 1 aromatic rings. The first kappa shape index (κ1) is 17.5. The van der Waals surface area contributed by atoms with Gasteiger partial charge in [0.05, 0.1) is 0 Å². The molecule has 0 aromatic heterocycles. The quantitative estimate of drug-likeness (QED) is 0.651. The molecule has 0 aliphatic rings. The third kappa shape index (κ3) is 6.17. The lowest BCUT2D eigenvalue weighted by Crippen LogP contribution is -2.46. The highest BCUT2D eigenvalue weighted by atomic mass is 16.2. The normalized spacial score (nSPS) is 12.0. The second-order valence-electron chi connectivity index (χ2n) is 5.35. The van der Waals surface area contributed by atoms with E-state index in [1.165, 1.54) is 0 Å². The van der Waals surface area contributed by atoms with Gasteiger partial charge in [-0.25, -0.2) is 0 Å². The number of anilines is 1. The lowest BCUT2D eigenvalue weighted by atomic mass is 10.2. The van der Waals surface area contributed by atoms with Gasteiger partial charge in [-0.2, -0.15) is 0 Å². The first-order valence-corrected chi connectivity index (χ1v) is 8.00. The topological polar surface area (TPSA) is 58.4 Å². The molecule has 0 aliphatic heterocycles. The molecule has 0 heterocycles. The highest BCUT2D eigenvalue weighted by Gasteiger charge is 2.20. The molecule has 1 unspecified atom stereocenters. The van der Waals surface area contributed by atoms with E-state index >= 15 is 0 Å². The molecule has 4 nitrogen and oxygen atoms in total. The van der Waals surface area contributed by atoms with Crippen molar-refractivity contribution in [3.63, 3.8) is 0 Å². The first-order valence-electron chi connectivity index (χ1n) is 8.00. The molecule has 0 aliphatic carbocycles. The van der Waals surface area contributed by atoms with Crippen LogP contribution >= 0.6 is 0 Å².